The third-order valence-electron chi connectivity index (χ3n) is 3.41. The Bertz CT molecular complexity index is 544. The molecule has 0 amide bonds. The van der Waals surface area contributed by atoms with Gasteiger partial charge in [0, 0.05) is 6.61 Å². The molecule has 7 heteroatoms. The molecule has 1 aromatic carbocycles. The molecule has 1 fully saturated rings. The molecule has 2 unspecified atom stereocenters. The molecule has 2 atom stereocenters. The molecule has 2 rings (SSSR count). The molecule has 0 radical (unpaired) electrons. The first-order valence-electron chi connectivity index (χ1n) is 7.46. The standard InChI is InChI=1S/C16H19NO6/c18-11-17-15(16(19)20)12-4-6-13(7-5-12)21-9-10-23-14-3-1-2-8-22-14/h4-7,14-15H,1-3,8-10H2,(H,19,20). The van der Waals surface area contributed by atoms with Crippen molar-refractivity contribution >= 4 is 12.0 Å². The van der Waals surface area contributed by atoms with Gasteiger partial charge in [-0.15, -0.1) is 0 Å². The summed E-state index contributed by atoms with van der Waals surface area (Å²) in [5, 5.41) is 8.99. The van der Waals surface area contributed by atoms with E-state index in [0.717, 1.165) is 25.9 Å². The molecule has 7 nitrogen and oxygen atoms in total. The first kappa shape index (κ1) is 17.1. The molecular weight excluding hydrogens is 302 g/mol. The van der Waals surface area contributed by atoms with Crippen LogP contribution >= 0.6 is 0 Å². The molecule has 124 valence electrons. The minimum atomic E-state index is -1.24. The van der Waals surface area contributed by atoms with Crippen LogP contribution in [0.5, 0.6) is 5.75 Å². The van der Waals surface area contributed by atoms with Crippen molar-refractivity contribution in [2.24, 2.45) is 4.99 Å². The van der Waals surface area contributed by atoms with Crippen LogP contribution < -0.4 is 4.74 Å². The molecule has 23 heavy (non-hydrogen) atoms. The van der Waals surface area contributed by atoms with Crippen LogP contribution in [0.25, 0.3) is 0 Å². The molecule has 0 spiro atoms. The van der Waals surface area contributed by atoms with Crippen molar-refractivity contribution in [3.8, 4) is 5.75 Å². The highest BCUT2D eigenvalue weighted by molar-refractivity contribution is 5.76. The average Bonchev–Trinajstić information content (AvgIpc) is 2.58. The lowest BCUT2D eigenvalue weighted by molar-refractivity contribution is -0.165. The van der Waals surface area contributed by atoms with Crippen LogP contribution in [0.4, 0.5) is 0 Å². The number of rotatable bonds is 8. The topological polar surface area (TPSA) is 94.4 Å². The zero-order chi connectivity index (χ0) is 16.5. The summed E-state index contributed by atoms with van der Waals surface area (Å²) in [6.07, 6.45) is 4.22. The maximum atomic E-state index is 11.0. The summed E-state index contributed by atoms with van der Waals surface area (Å²) in [4.78, 5) is 24.5. The number of carboxylic acid groups (broad SMARTS) is 1. The maximum absolute atomic E-state index is 11.0. The predicted molar refractivity (Wildman–Crippen MR) is 80.0 cm³/mol. The number of ether oxygens (including phenoxy) is 3. The van der Waals surface area contributed by atoms with Gasteiger partial charge in [0.15, 0.2) is 12.3 Å². The first-order chi connectivity index (χ1) is 11.2. The third kappa shape index (κ3) is 5.49. The summed E-state index contributed by atoms with van der Waals surface area (Å²) in [5.41, 5.74) is 0.389. The van der Waals surface area contributed by atoms with E-state index in [0.29, 0.717) is 24.5 Å². The lowest BCUT2D eigenvalue weighted by atomic mass is 10.1. The van der Waals surface area contributed by atoms with Crippen molar-refractivity contribution in [2.75, 3.05) is 19.8 Å². The molecule has 0 saturated carbocycles. The Hall–Kier alpha value is -2.21. The van der Waals surface area contributed by atoms with Crippen LogP contribution in [0.15, 0.2) is 29.3 Å². The van der Waals surface area contributed by atoms with E-state index in [9.17, 15) is 9.59 Å². The smallest absolute Gasteiger partial charge is 0.334 e. The van der Waals surface area contributed by atoms with Gasteiger partial charge in [0.25, 0.3) is 0 Å². The molecule has 1 aliphatic heterocycles. The second-order valence-electron chi connectivity index (χ2n) is 5.05. The molecular formula is C16H19NO6. The molecule has 1 heterocycles. The zero-order valence-electron chi connectivity index (χ0n) is 12.6. The number of carboxylic acids is 1. The van der Waals surface area contributed by atoms with E-state index in [4.69, 9.17) is 19.3 Å². The molecule has 1 aromatic rings. The number of carbonyl (C=O) groups is 1. The monoisotopic (exact) mass is 321 g/mol. The van der Waals surface area contributed by atoms with E-state index >= 15 is 0 Å². The van der Waals surface area contributed by atoms with Gasteiger partial charge in [-0.25, -0.2) is 9.59 Å². The van der Waals surface area contributed by atoms with Crippen LogP contribution in [0, 0.1) is 0 Å². The fraction of sp³-hybridized carbons (Fsp3) is 0.500. The summed E-state index contributed by atoms with van der Waals surface area (Å²) in [6, 6.07) is 5.12. The second kappa shape index (κ2) is 9.05. The highest BCUT2D eigenvalue weighted by Gasteiger charge is 2.18. The zero-order valence-corrected chi connectivity index (χ0v) is 12.6. The van der Waals surface area contributed by atoms with Crippen molar-refractivity contribution < 1.29 is 28.9 Å². The number of hydrogen-bond donors (Lipinski definition) is 1. The van der Waals surface area contributed by atoms with Crippen LogP contribution in [0.1, 0.15) is 30.9 Å². The largest absolute Gasteiger partial charge is 0.491 e. The van der Waals surface area contributed by atoms with Crippen molar-refractivity contribution in [3.05, 3.63) is 29.8 Å². The quantitative estimate of drug-likeness (QED) is 0.447. The second-order valence-corrected chi connectivity index (χ2v) is 5.05. The number of benzene rings is 1. The van der Waals surface area contributed by atoms with E-state index < -0.39 is 12.0 Å². The van der Waals surface area contributed by atoms with Gasteiger partial charge >= 0.3 is 5.97 Å². The molecule has 0 aromatic heterocycles. The van der Waals surface area contributed by atoms with Gasteiger partial charge in [-0.05, 0) is 37.0 Å². The number of carbonyl (C=O) groups excluding carboxylic acids is 1. The lowest BCUT2D eigenvalue weighted by Crippen LogP contribution is -2.24. The van der Waals surface area contributed by atoms with Gasteiger partial charge in [-0.2, -0.15) is 4.99 Å². The molecule has 1 aliphatic rings. The Morgan fingerprint density at radius 1 is 1.35 bits per heavy atom. The van der Waals surface area contributed by atoms with Crippen molar-refractivity contribution in [3.63, 3.8) is 0 Å². The number of isocyanates is 1. The Kier molecular flexibility index (Phi) is 6.75. The summed E-state index contributed by atoms with van der Waals surface area (Å²) in [6.45, 7) is 1.52. The molecule has 0 aliphatic carbocycles. The van der Waals surface area contributed by atoms with Crippen LogP contribution in [0.2, 0.25) is 0 Å². The van der Waals surface area contributed by atoms with E-state index in [-0.39, 0.29) is 6.29 Å². The highest BCUT2D eigenvalue weighted by atomic mass is 16.7. The van der Waals surface area contributed by atoms with Crippen LogP contribution in [-0.4, -0.2) is 43.3 Å². The Labute approximate surface area is 133 Å². The average molecular weight is 321 g/mol. The van der Waals surface area contributed by atoms with Crippen molar-refractivity contribution in [1.82, 2.24) is 0 Å². The van der Waals surface area contributed by atoms with Crippen LogP contribution in [-0.2, 0) is 19.1 Å². The number of aliphatic carboxylic acids is 1. The van der Waals surface area contributed by atoms with Gasteiger partial charge in [0.1, 0.15) is 12.4 Å². The molecule has 1 saturated heterocycles. The molecule has 0 bridgehead atoms. The summed E-state index contributed by atoms with van der Waals surface area (Å²) in [5.74, 6) is -0.621. The van der Waals surface area contributed by atoms with Gasteiger partial charge in [-0.1, -0.05) is 12.1 Å². The maximum Gasteiger partial charge on any atom is 0.334 e. The van der Waals surface area contributed by atoms with Gasteiger partial charge in [0.05, 0.1) is 6.61 Å². The van der Waals surface area contributed by atoms with Gasteiger partial charge < -0.3 is 19.3 Å². The summed E-state index contributed by atoms with van der Waals surface area (Å²) >= 11 is 0. The summed E-state index contributed by atoms with van der Waals surface area (Å²) in [7, 11) is 0. The minimum Gasteiger partial charge on any atom is -0.491 e. The van der Waals surface area contributed by atoms with E-state index in [1.165, 1.54) is 6.08 Å². The van der Waals surface area contributed by atoms with E-state index in [2.05, 4.69) is 4.99 Å². The predicted octanol–water partition coefficient (Wildman–Crippen LogP) is 2.07. The molecule has 1 N–H and O–H groups in total. The highest BCUT2D eigenvalue weighted by Crippen LogP contribution is 2.21. The Morgan fingerprint density at radius 2 is 2.13 bits per heavy atom. The first-order valence-corrected chi connectivity index (χ1v) is 7.46. The van der Waals surface area contributed by atoms with Gasteiger partial charge in [0.2, 0.25) is 6.08 Å². The number of aliphatic imine (C=N–C) groups is 1. The summed E-state index contributed by atoms with van der Waals surface area (Å²) < 4.78 is 16.5. The normalized spacial score (nSPS) is 18.7. The fourth-order valence-electron chi connectivity index (χ4n) is 2.25. The SMILES string of the molecule is O=C=NC(C(=O)O)c1ccc(OCCOC2CCCCO2)cc1. The van der Waals surface area contributed by atoms with Crippen molar-refractivity contribution in [1.29, 1.82) is 0 Å². The Balaban J connectivity index is 1.78. The number of nitrogens with zero attached hydrogens (tertiary/aromatic N) is 1. The lowest BCUT2D eigenvalue weighted by Gasteiger charge is -2.22. The Morgan fingerprint density at radius 3 is 2.74 bits per heavy atom. The fourth-order valence-corrected chi connectivity index (χ4v) is 2.25. The minimum absolute atomic E-state index is 0.146. The number of hydrogen-bond acceptors (Lipinski definition) is 6. The van der Waals surface area contributed by atoms with E-state index in [1.54, 1.807) is 24.3 Å². The van der Waals surface area contributed by atoms with E-state index in [1.807, 2.05) is 0 Å². The van der Waals surface area contributed by atoms with Crippen molar-refractivity contribution in [2.45, 2.75) is 31.6 Å². The third-order valence-corrected chi connectivity index (χ3v) is 3.41. The van der Waals surface area contributed by atoms with Gasteiger partial charge in [-0.3, -0.25) is 0 Å². The van der Waals surface area contributed by atoms with Crippen LogP contribution in [0.3, 0.4) is 0 Å².